The Kier molecular flexibility index (Phi) is 6.82. The molecule has 1 aliphatic carbocycles. The minimum atomic E-state index is -1.67. The molecule has 0 saturated heterocycles. The van der Waals surface area contributed by atoms with Crippen LogP contribution in [0.1, 0.15) is 41.6 Å². The summed E-state index contributed by atoms with van der Waals surface area (Å²) in [7, 11) is 1.74. The lowest BCUT2D eigenvalue weighted by Gasteiger charge is -2.44. The lowest BCUT2D eigenvalue weighted by Crippen LogP contribution is -2.56. The number of aryl methyl sites for hydroxylation is 4. The highest BCUT2D eigenvalue weighted by molar-refractivity contribution is 6.10. The van der Waals surface area contributed by atoms with Crippen molar-refractivity contribution in [1.29, 1.82) is 0 Å². The summed E-state index contributed by atoms with van der Waals surface area (Å²) in [6, 6.07) is 14.6. The third-order valence-electron chi connectivity index (χ3n) is 7.05. The highest BCUT2D eigenvalue weighted by Crippen LogP contribution is 2.47. The van der Waals surface area contributed by atoms with Gasteiger partial charge in [0.2, 0.25) is 11.8 Å². The van der Waals surface area contributed by atoms with Crippen molar-refractivity contribution in [2.75, 3.05) is 10.6 Å². The van der Waals surface area contributed by atoms with Gasteiger partial charge in [0, 0.05) is 37.0 Å². The van der Waals surface area contributed by atoms with E-state index in [1.54, 1.807) is 43.0 Å². The first kappa shape index (κ1) is 25.3. The molecule has 188 valence electrons. The van der Waals surface area contributed by atoms with Gasteiger partial charge in [0.05, 0.1) is 17.2 Å². The fraction of sp³-hybridized carbons (Fsp3) is 0.357. The summed E-state index contributed by atoms with van der Waals surface area (Å²) in [5, 5.41) is 21.7. The van der Waals surface area contributed by atoms with Crippen molar-refractivity contribution in [2.45, 2.75) is 45.6 Å². The van der Waals surface area contributed by atoms with Crippen LogP contribution in [-0.2, 0) is 21.4 Å². The molecule has 36 heavy (non-hydrogen) atoms. The molecule has 0 radical (unpaired) electrons. The predicted octanol–water partition coefficient (Wildman–Crippen LogP) is 3.66. The maximum atomic E-state index is 13.8. The zero-order valence-electron chi connectivity index (χ0n) is 21.2. The number of para-hydroxylation sites is 2. The molecular formula is C28H32N4O4. The first-order valence-corrected chi connectivity index (χ1v) is 12.0. The molecular weight excluding hydrogens is 456 g/mol. The van der Waals surface area contributed by atoms with Crippen LogP contribution in [-0.4, -0.2) is 38.1 Å². The molecule has 3 N–H and O–H groups in total. The van der Waals surface area contributed by atoms with Crippen LogP contribution in [0.15, 0.2) is 54.7 Å². The normalized spacial score (nSPS) is 23.8. The zero-order valence-corrected chi connectivity index (χ0v) is 21.2. The number of anilines is 2. The Morgan fingerprint density at radius 3 is 2.00 bits per heavy atom. The molecule has 4 atom stereocenters. The van der Waals surface area contributed by atoms with Crippen molar-refractivity contribution in [1.82, 2.24) is 9.78 Å². The summed E-state index contributed by atoms with van der Waals surface area (Å²) < 4.78 is 1.59. The Balaban J connectivity index is 1.80. The second-order valence-corrected chi connectivity index (χ2v) is 9.93. The summed E-state index contributed by atoms with van der Waals surface area (Å²) >= 11 is 0. The summed E-state index contributed by atoms with van der Waals surface area (Å²) in [5.74, 6) is -4.55. The highest BCUT2D eigenvalue weighted by Gasteiger charge is 2.56. The molecule has 1 heterocycles. The molecule has 0 unspecified atom stereocenters. The van der Waals surface area contributed by atoms with Gasteiger partial charge in [-0.05, 0) is 56.5 Å². The van der Waals surface area contributed by atoms with Crippen molar-refractivity contribution < 1.29 is 19.5 Å². The van der Waals surface area contributed by atoms with Crippen molar-refractivity contribution in [2.24, 2.45) is 18.9 Å². The summed E-state index contributed by atoms with van der Waals surface area (Å²) in [6.07, 6.45) is 1.40. The number of benzene rings is 2. The SMILES string of the molecule is Cc1ccccc1NC(=O)[C@@H]1C(=O)C[C@](C)(O)[C@H](C(=O)Nc2ccccc2C)[C@@H]1c1cn(C)nc1C. The number of rotatable bonds is 5. The van der Waals surface area contributed by atoms with Gasteiger partial charge in [0.25, 0.3) is 0 Å². The summed E-state index contributed by atoms with van der Waals surface area (Å²) in [4.78, 5) is 40.9. The monoisotopic (exact) mass is 488 g/mol. The van der Waals surface area contributed by atoms with E-state index >= 15 is 0 Å². The van der Waals surface area contributed by atoms with Crippen LogP contribution < -0.4 is 10.6 Å². The first-order chi connectivity index (χ1) is 17.0. The molecule has 1 saturated carbocycles. The van der Waals surface area contributed by atoms with Crippen LogP contribution in [0.5, 0.6) is 0 Å². The Labute approximate surface area is 210 Å². The third-order valence-corrected chi connectivity index (χ3v) is 7.05. The van der Waals surface area contributed by atoms with E-state index in [0.717, 1.165) is 11.1 Å². The molecule has 4 rings (SSSR count). The average Bonchev–Trinajstić information content (AvgIpc) is 3.13. The van der Waals surface area contributed by atoms with E-state index in [0.29, 0.717) is 22.6 Å². The van der Waals surface area contributed by atoms with Crippen molar-refractivity contribution >= 4 is 29.0 Å². The van der Waals surface area contributed by atoms with Gasteiger partial charge >= 0.3 is 0 Å². The Morgan fingerprint density at radius 2 is 1.50 bits per heavy atom. The standard InChI is InChI=1S/C28H32N4O4/c1-16-10-6-8-12-20(16)29-26(34)24-22(33)14-28(4,36)25(23(24)19-15-32(5)31-18(19)3)27(35)30-21-13-9-7-11-17(21)2/h6-13,15,23-25,36H,14H2,1-5H3,(H,29,34)(H,30,35)/t23-,24-,25+,28+/m1/s1. The van der Waals surface area contributed by atoms with Crippen LogP contribution in [0.25, 0.3) is 0 Å². The Bertz CT molecular complexity index is 1330. The Morgan fingerprint density at radius 1 is 0.972 bits per heavy atom. The zero-order chi connectivity index (χ0) is 26.2. The molecule has 2 amide bonds. The topological polar surface area (TPSA) is 113 Å². The van der Waals surface area contributed by atoms with Gasteiger partial charge in [0.1, 0.15) is 11.7 Å². The smallest absolute Gasteiger partial charge is 0.235 e. The maximum Gasteiger partial charge on any atom is 0.235 e. The van der Waals surface area contributed by atoms with E-state index in [1.165, 1.54) is 6.92 Å². The summed E-state index contributed by atoms with van der Waals surface area (Å²) in [6.45, 7) is 7.00. The largest absolute Gasteiger partial charge is 0.389 e. The van der Waals surface area contributed by atoms with Gasteiger partial charge in [0.15, 0.2) is 0 Å². The summed E-state index contributed by atoms with van der Waals surface area (Å²) in [5.41, 5.74) is 2.42. The van der Waals surface area contributed by atoms with Crippen molar-refractivity contribution in [3.8, 4) is 0 Å². The second-order valence-electron chi connectivity index (χ2n) is 9.93. The molecule has 3 aromatic rings. The number of aliphatic hydroxyl groups is 1. The minimum absolute atomic E-state index is 0.319. The van der Waals surface area contributed by atoms with Crippen molar-refractivity contribution in [3.05, 3.63) is 77.1 Å². The van der Waals surface area contributed by atoms with E-state index in [2.05, 4.69) is 15.7 Å². The number of Topliss-reactive ketones (excluding diaryl/α,β-unsaturated/α-hetero) is 1. The lowest BCUT2D eigenvalue weighted by atomic mass is 9.61. The average molecular weight is 489 g/mol. The van der Waals surface area contributed by atoms with Gasteiger partial charge in [-0.3, -0.25) is 19.1 Å². The molecule has 8 nitrogen and oxygen atoms in total. The molecule has 1 fully saturated rings. The first-order valence-electron chi connectivity index (χ1n) is 12.0. The number of nitrogens with zero attached hydrogens (tertiary/aromatic N) is 2. The van der Waals surface area contributed by atoms with Crippen LogP contribution in [0.4, 0.5) is 11.4 Å². The van der Waals surface area contributed by atoms with E-state index in [9.17, 15) is 19.5 Å². The lowest BCUT2D eigenvalue weighted by molar-refractivity contribution is -0.150. The van der Waals surface area contributed by atoms with E-state index < -0.39 is 41.0 Å². The number of aromatic nitrogens is 2. The van der Waals surface area contributed by atoms with Gasteiger partial charge in [-0.25, -0.2) is 0 Å². The van der Waals surface area contributed by atoms with Gasteiger partial charge in [-0.1, -0.05) is 36.4 Å². The number of ketones is 1. The number of carbonyl (C=O) groups excluding carboxylic acids is 3. The fourth-order valence-electron chi connectivity index (χ4n) is 5.26. The van der Waals surface area contributed by atoms with Gasteiger partial charge < -0.3 is 15.7 Å². The van der Waals surface area contributed by atoms with E-state index in [4.69, 9.17) is 0 Å². The number of nitrogens with one attached hydrogen (secondary N) is 2. The van der Waals surface area contributed by atoms with Crippen LogP contribution in [0, 0.1) is 32.6 Å². The number of amides is 2. The minimum Gasteiger partial charge on any atom is -0.389 e. The van der Waals surface area contributed by atoms with E-state index in [-0.39, 0.29) is 6.42 Å². The predicted molar refractivity (Wildman–Crippen MR) is 138 cm³/mol. The highest BCUT2D eigenvalue weighted by atomic mass is 16.3. The van der Waals surface area contributed by atoms with Crippen LogP contribution >= 0.6 is 0 Å². The number of carbonyl (C=O) groups is 3. The number of hydrogen-bond acceptors (Lipinski definition) is 5. The molecule has 2 aromatic carbocycles. The fourth-order valence-corrected chi connectivity index (χ4v) is 5.26. The van der Waals surface area contributed by atoms with Gasteiger partial charge in [-0.15, -0.1) is 0 Å². The molecule has 1 aliphatic rings. The van der Waals surface area contributed by atoms with Crippen molar-refractivity contribution in [3.63, 3.8) is 0 Å². The van der Waals surface area contributed by atoms with Gasteiger partial charge in [-0.2, -0.15) is 5.10 Å². The quantitative estimate of drug-likeness (QED) is 0.475. The molecule has 0 aliphatic heterocycles. The molecule has 8 heteroatoms. The Hall–Kier alpha value is -3.78. The van der Waals surface area contributed by atoms with E-state index in [1.807, 2.05) is 44.2 Å². The number of hydrogen-bond donors (Lipinski definition) is 3. The molecule has 0 spiro atoms. The third kappa shape index (κ3) is 4.81. The van der Waals surface area contributed by atoms with Crippen LogP contribution in [0.3, 0.4) is 0 Å². The molecule has 0 bridgehead atoms. The van der Waals surface area contributed by atoms with Crippen LogP contribution in [0.2, 0.25) is 0 Å². The molecule has 1 aromatic heterocycles. The maximum absolute atomic E-state index is 13.8. The second kappa shape index (κ2) is 9.70.